The van der Waals surface area contributed by atoms with Gasteiger partial charge in [-0.2, -0.15) is 0 Å². The topological polar surface area (TPSA) is 58.2 Å². The lowest BCUT2D eigenvalue weighted by Gasteiger charge is -2.27. The fraction of sp³-hybridized carbons (Fsp3) is 0.579. The Labute approximate surface area is 159 Å². The minimum absolute atomic E-state index is 0.0194. The van der Waals surface area contributed by atoms with Crippen molar-refractivity contribution in [2.75, 3.05) is 11.9 Å². The Kier molecular flexibility index (Phi) is 7.57. The zero-order chi connectivity index (χ0) is 18.4. The molecule has 1 aromatic rings. The van der Waals surface area contributed by atoms with Crippen LogP contribution >= 0.6 is 23.2 Å². The van der Waals surface area contributed by atoms with Gasteiger partial charge in [-0.25, -0.2) is 0 Å². The maximum Gasteiger partial charge on any atom is 0.227 e. The van der Waals surface area contributed by atoms with Crippen molar-refractivity contribution in [3.63, 3.8) is 0 Å². The minimum atomic E-state index is -0.0882. The average molecular weight is 385 g/mol. The van der Waals surface area contributed by atoms with Crippen LogP contribution in [0.5, 0.6) is 0 Å². The zero-order valence-corrected chi connectivity index (χ0v) is 16.3. The Hall–Kier alpha value is -1.26. The molecule has 0 unspecified atom stereocenters. The predicted octanol–water partition coefficient (Wildman–Crippen LogP) is 4.90. The predicted molar refractivity (Wildman–Crippen MR) is 103 cm³/mol. The molecule has 0 bridgehead atoms. The lowest BCUT2D eigenvalue weighted by atomic mass is 9.81. The minimum Gasteiger partial charge on any atom is -0.356 e. The summed E-state index contributed by atoms with van der Waals surface area (Å²) in [6.45, 7) is 5.01. The molecule has 0 atom stereocenters. The first-order valence-corrected chi connectivity index (χ1v) is 9.66. The van der Waals surface area contributed by atoms with E-state index in [0.29, 0.717) is 34.5 Å². The molecule has 2 N–H and O–H groups in total. The normalized spacial score (nSPS) is 20.4. The van der Waals surface area contributed by atoms with Crippen LogP contribution in [-0.4, -0.2) is 18.4 Å². The fourth-order valence-electron chi connectivity index (χ4n) is 3.08. The van der Waals surface area contributed by atoms with Crippen molar-refractivity contribution < 1.29 is 9.59 Å². The third kappa shape index (κ3) is 5.89. The number of rotatable bonds is 6. The van der Waals surface area contributed by atoms with Crippen LogP contribution in [0.1, 0.15) is 46.0 Å². The fourth-order valence-corrected chi connectivity index (χ4v) is 3.43. The Morgan fingerprint density at radius 1 is 1.08 bits per heavy atom. The molecule has 1 fully saturated rings. The van der Waals surface area contributed by atoms with E-state index in [0.717, 1.165) is 25.8 Å². The van der Waals surface area contributed by atoms with Gasteiger partial charge >= 0.3 is 0 Å². The Morgan fingerprint density at radius 2 is 1.68 bits per heavy atom. The molecule has 1 saturated carbocycles. The second-order valence-electron chi connectivity index (χ2n) is 7.11. The van der Waals surface area contributed by atoms with Crippen molar-refractivity contribution in [1.29, 1.82) is 0 Å². The number of amides is 2. The quantitative estimate of drug-likeness (QED) is 0.732. The van der Waals surface area contributed by atoms with E-state index < -0.39 is 0 Å². The number of benzene rings is 1. The summed E-state index contributed by atoms with van der Waals surface area (Å²) in [5, 5.41) is 6.64. The number of carbonyl (C=O) groups is 2. The van der Waals surface area contributed by atoms with Gasteiger partial charge in [0.15, 0.2) is 0 Å². The summed E-state index contributed by atoms with van der Waals surface area (Å²) < 4.78 is 0. The highest BCUT2D eigenvalue weighted by atomic mass is 35.5. The number of hydrogen-bond acceptors (Lipinski definition) is 2. The first kappa shape index (κ1) is 20.1. The van der Waals surface area contributed by atoms with Gasteiger partial charge < -0.3 is 10.6 Å². The van der Waals surface area contributed by atoms with Crippen LogP contribution in [0.2, 0.25) is 10.0 Å². The smallest absolute Gasteiger partial charge is 0.227 e. The van der Waals surface area contributed by atoms with Gasteiger partial charge in [-0.05, 0) is 50.2 Å². The van der Waals surface area contributed by atoms with Gasteiger partial charge in [-0.3, -0.25) is 9.59 Å². The summed E-state index contributed by atoms with van der Waals surface area (Å²) in [6, 6.07) is 5.17. The lowest BCUT2D eigenvalue weighted by molar-refractivity contribution is -0.128. The Morgan fingerprint density at radius 3 is 2.28 bits per heavy atom. The molecular formula is C19H26Cl2N2O2. The van der Waals surface area contributed by atoms with Gasteiger partial charge in [-0.15, -0.1) is 0 Å². The molecule has 1 aliphatic carbocycles. The molecule has 0 radical (unpaired) electrons. The van der Waals surface area contributed by atoms with Crippen LogP contribution < -0.4 is 10.6 Å². The van der Waals surface area contributed by atoms with Gasteiger partial charge in [0, 0.05) is 18.4 Å². The van der Waals surface area contributed by atoms with Crippen LogP contribution in [0.15, 0.2) is 18.2 Å². The van der Waals surface area contributed by atoms with Gasteiger partial charge in [0.2, 0.25) is 11.8 Å². The molecule has 0 spiro atoms. The van der Waals surface area contributed by atoms with Gasteiger partial charge in [0.1, 0.15) is 0 Å². The summed E-state index contributed by atoms with van der Waals surface area (Å²) in [7, 11) is 0. The lowest BCUT2D eigenvalue weighted by Crippen LogP contribution is -2.36. The average Bonchev–Trinajstić information content (AvgIpc) is 2.58. The molecule has 6 heteroatoms. The van der Waals surface area contributed by atoms with Crippen LogP contribution in [0.3, 0.4) is 0 Å². The monoisotopic (exact) mass is 384 g/mol. The molecule has 138 valence electrons. The first-order chi connectivity index (χ1) is 11.9. The van der Waals surface area contributed by atoms with Crippen LogP contribution in [0.4, 0.5) is 5.69 Å². The van der Waals surface area contributed by atoms with E-state index in [1.165, 1.54) is 0 Å². The third-order valence-corrected chi connectivity index (χ3v) is 5.52. The van der Waals surface area contributed by atoms with Gasteiger partial charge in [0.25, 0.3) is 0 Å². The summed E-state index contributed by atoms with van der Waals surface area (Å²) in [5.74, 6) is 0.582. The standard InChI is InChI=1S/C19H26Cl2N2O2/c1-12(2)10-11-22-18(24)13-6-8-14(9-7-13)19(25)23-16-5-3-4-15(20)17(16)21/h3-5,12-14H,6-11H2,1-2H3,(H,22,24)(H,23,25). The number of nitrogens with one attached hydrogen (secondary N) is 2. The number of halogens is 2. The third-order valence-electron chi connectivity index (χ3n) is 4.70. The van der Waals surface area contributed by atoms with Crippen molar-refractivity contribution in [2.24, 2.45) is 17.8 Å². The molecule has 2 amide bonds. The highest BCUT2D eigenvalue weighted by Crippen LogP contribution is 2.33. The molecule has 1 aliphatic rings. The van der Waals surface area contributed by atoms with Crippen LogP contribution in [-0.2, 0) is 9.59 Å². The molecule has 0 saturated heterocycles. The number of anilines is 1. The highest BCUT2D eigenvalue weighted by molar-refractivity contribution is 6.44. The van der Waals surface area contributed by atoms with E-state index in [-0.39, 0.29) is 23.7 Å². The Balaban J connectivity index is 1.80. The second-order valence-corrected chi connectivity index (χ2v) is 7.90. The van der Waals surface area contributed by atoms with Crippen molar-refractivity contribution in [1.82, 2.24) is 5.32 Å². The van der Waals surface area contributed by atoms with E-state index in [9.17, 15) is 9.59 Å². The van der Waals surface area contributed by atoms with Gasteiger partial charge in [0.05, 0.1) is 15.7 Å². The SMILES string of the molecule is CC(C)CCNC(=O)C1CCC(C(=O)Nc2cccc(Cl)c2Cl)CC1. The molecule has 4 nitrogen and oxygen atoms in total. The second kappa shape index (κ2) is 9.44. The van der Waals surface area contributed by atoms with Crippen LogP contribution in [0, 0.1) is 17.8 Å². The van der Waals surface area contributed by atoms with E-state index in [2.05, 4.69) is 24.5 Å². The molecule has 0 aromatic heterocycles. The molecular weight excluding hydrogens is 359 g/mol. The summed E-state index contributed by atoms with van der Waals surface area (Å²) in [5.41, 5.74) is 0.535. The van der Waals surface area contributed by atoms with Crippen molar-refractivity contribution >= 4 is 40.7 Å². The van der Waals surface area contributed by atoms with Crippen molar-refractivity contribution in [2.45, 2.75) is 46.0 Å². The van der Waals surface area contributed by atoms with E-state index in [4.69, 9.17) is 23.2 Å². The molecule has 0 heterocycles. The zero-order valence-electron chi connectivity index (χ0n) is 14.8. The number of hydrogen-bond donors (Lipinski definition) is 2. The van der Waals surface area contributed by atoms with Crippen LogP contribution in [0.25, 0.3) is 0 Å². The van der Waals surface area contributed by atoms with E-state index in [1.54, 1.807) is 18.2 Å². The highest BCUT2D eigenvalue weighted by Gasteiger charge is 2.30. The summed E-state index contributed by atoms with van der Waals surface area (Å²) in [6.07, 6.45) is 3.91. The largest absolute Gasteiger partial charge is 0.356 e. The summed E-state index contributed by atoms with van der Waals surface area (Å²) >= 11 is 12.1. The van der Waals surface area contributed by atoms with E-state index in [1.807, 2.05) is 0 Å². The molecule has 1 aromatic carbocycles. The van der Waals surface area contributed by atoms with Gasteiger partial charge in [-0.1, -0.05) is 43.1 Å². The first-order valence-electron chi connectivity index (χ1n) is 8.91. The number of carbonyl (C=O) groups excluding carboxylic acids is 2. The van der Waals surface area contributed by atoms with Crippen molar-refractivity contribution in [3.8, 4) is 0 Å². The molecule has 2 rings (SSSR count). The van der Waals surface area contributed by atoms with E-state index >= 15 is 0 Å². The molecule has 0 aliphatic heterocycles. The summed E-state index contributed by atoms with van der Waals surface area (Å²) in [4.78, 5) is 24.6. The van der Waals surface area contributed by atoms with Crippen molar-refractivity contribution in [3.05, 3.63) is 28.2 Å². The molecule has 25 heavy (non-hydrogen) atoms. The Bertz CT molecular complexity index is 611. The maximum atomic E-state index is 12.4. The maximum absolute atomic E-state index is 12.4.